The Kier molecular flexibility index (Phi) is 82.7. The second-order valence-corrected chi connectivity index (χ2v) is 42.0. The summed E-state index contributed by atoms with van der Waals surface area (Å²) < 4.78 is 0. The molecule has 0 atom stereocenters. The van der Waals surface area contributed by atoms with Crippen LogP contribution >= 0.6 is 0 Å². The first kappa shape index (κ1) is 118. The van der Waals surface area contributed by atoms with Crippen molar-refractivity contribution in [1.82, 2.24) is 15.0 Å². The van der Waals surface area contributed by atoms with Gasteiger partial charge in [-0.2, -0.15) is 15.0 Å². The average Bonchev–Trinajstić information content (AvgIpc) is 0.812. The normalized spacial score (nSPS) is 11.7. The van der Waals surface area contributed by atoms with Crippen molar-refractivity contribution in [3.05, 3.63) is 94.4 Å². The van der Waals surface area contributed by atoms with E-state index in [9.17, 15) is 0 Å². The lowest BCUT2D eigenvalue weighted by Crippen LogP contribution is -2.09. The fourth-order valence-electron chi connectivity index (χ4n) is 20.9. The molecule has 743 valence electrons. The Bertz CT molecular complexity index is 2710. The van der Waals surface area contributed by atoms with E-state index in [1.165, 1.54) is 591 Å². The molecule has 0 saturated heterocycles. The number of rotatable bonds is 101. The number of nitrogens with zero attached hydrogens (tertiary/aromatic N) is 3. The van der Waals surface area contributed by atoms with E-state index in [0.29, 0.717) is 17.7 Å². The molecule has 0 unspecified atom stereocenters. The molecular weight excluding hydrogens is 1560 g/mol. The topological polar surface area (TPSA) is 62.7 Å². The largest absolute Gasteiger partial charge is 0.324 e. The van der Waals surface area contributed by atoms with Crippen molar-refractivity contribution in [2.75, 3.05) is 10.6 Å². The monoisotopic (exact) mass is 1780 g/mol. The minimum atomic E-state index is 0.632. The summed E-state index contributed by atoms with van der Waals surface area (Å²) in [4.78, 5) is 16.3. The van der Waals surface area contributed by atoms with Gasteiger partial charge in [-0.1, -0.05) is 605 Å². The molecule has 1 aromatic heterocycles. The molecule has 3 aromatic carbocycles. The Labute approximate surface area is 807 Å². The first-order valence-corrected chi connectivity index (χ1v) is 59.4. The summed E-state index contributed by atoms with van der Waals surface area (Å²) in [6.07, 6.45) is 133. The molecule has 5 heteroatoms. The third-order valence-electron chi connectivity index (χ3n) is 29.5. The van der Waals surface area contributed by atoms with Crippen molar-refractivity contribution in [3.8, 4) is 11.4 Å². The SMILES string of the molecule is [CH2]c1ccc(-c2nc(Nc3cc(CCCCCCCCCCCCCCCCC)c(CCCCCCCCCCCCCCCCC)c(CCCCCCCCCCCCCCCCC)c3)nc(Nc3cc(CCCCCCCCCCCCCCCCC)c(CCCCCCCCCCCCCCCCC)c(CCCCCCCCCCCCCCCCC)c3)n2)cc1. The van der Waals surface area contributed by atoms with E-state index >= 15 is 0 Å². The second-order valence-electron chi connectivity index (χ2n) is 42.0. The van der Waals surface area contributed by atoms with Gasteiger partial charge in [-0.05, 0) is 147 Å². The summed E-state index contributed by atoms with van der Waals surface area (Å²) in [6, 6.07) is 18.9. The van der Waals surface area contributed by atoms with E-state index < -0.39 is 0 Å². The Morgan fingerprint density at radius 2 is 0.326 bits per heavy atom. The van der Waals surface area contributed by atoms with Gasteiger partial charge in [0.2, 0.25) is 11.9 Å². The molecule has 0 saturated carbocycles. The third-order valence-corrected chi connectivity index (χ3v) is 29.5. The van der Waals surface area contributed by atoms with E-state index in [4.69, 9.17) is 15.0 Å². The van der Waals surface area contributed by atoms with Crippen LogP contribution in [0.2, 0.25) is 0 Å². The van der Waals surface area contributed by atoms with Gasteiger partial charge in [0.25, 0.3) is 0 Å². The maximum Gasteiger partial charge on any atom is 0.232 e. The van der Waals surface area contributed by atoms with Gasteiger partial charge in [0.1, 0.15) is 0 Å². The van der Waals surface area contributed by atoms with Gasteiger partial charge in [-0.15, -0.1) is 0 Å². The zero-order chi connectivity index (χ0) is 91.6. The van der Waals surface area contributed by atoms with Crippen molar-refractivity contribution < 1.29 is 0 Å². The Balaban J connectivity index is 1.69. The molecule has 4 rings (SSSR count). The quantitative estimate of drug-likeness (QED) is 0.0431. The number of aromatic nitrogens is 3. The van der Waals surface area contributed by atoms with Gasteiger partial charge in [0.15, 0.2) is 5.82 Å². The highest BCUT2D eigenvalue weighted by molar-refractivity contribution is 5.66. The van der Waals surface area contributed by atoms with Crippen molar-refractivity contribution in [2.45, 2.75) is 658 Å². The summed E-state index contributed by atoms with van der Waals surface area (Å²) in [7, 11) is 0. The van der Waals surface area contributed by atoms with Crippen LogP contribution < -0.4 is 10.6 Å². The van der Waals surface area contributed by atoms with Crippen LogP contribution in [0.1, 0.15) is 658 Å². The molecule has 4 aromatic rings. The predicted molar refractivity (Wildman–Crippen MR) is 581 cm³/mol. The van der Waals surface area contributed by atoms with E-state index in [1.54, 1.807) is 33.4 Å². The third kappa shape index (κ3) is 68.8. The van der Waals surface area contributed by atoms with E-state index in [-0.39, 0.29) is 0 Å². The molecule has 0 amide bonds. The molecule has 5 nitrogen and oxygen atoms in total. The molecule has 0 aliphatic carbocycles. The highest BCUT2D eigenvalue weighted by Crippen LogP contribution is 2.34. The lowest BCUT2D eigenvalue weighted by molar-refractivity contribution is 0.530. The molecule has 0 aliphatic heterocycles. The fraction of sp³-hybridized carbons (Fsp3) is 0.823. The van der Waals surface area contributed by atoms with Crippen LogP contribution in [-0.2, 0) is 38.5 Å². The molecule has 0 spiro atoms. The summed E-state index contributed by atoms with van der Waals surface area (Å²) >= 11 is 0. The van der Waals surface area contributed by atoms with Crippen LogP contribution in [0.4, 0.5) is 23.3 Å². The summed E-state index contributed by atoms with van der Waals surface area (Å²) in [5.74, 6) is 1.97. The van der Waals surface area contributed by atoms with Crippen LogP contribution in [0.25, 0.3) is 11.4 Å². The second kappa shape index (κ2) is 90.7. The highest BCUT2D eigenvalue weighted by atomic mass is 15.2. The molecule has 1 heterocycles. The van der Waals surface area contributed by atoms with Crippen LogP contribution in [0.15, 0.2) is 48.5 Å². The lowest BCUT2D eigenvalue weighted by Gasteiger charge is -2.20. The summed E-state index contributed by atoms with van der Waals surface area (Å²) in [5, 5.41) is 8.02. The molecule has 129 heavy (non-hydrogen) atoms. The van der Waals surface area contributed by atoms with Crippen molar-refractivity contribution >= 4 is 23.3 Å². The van der Waals surface area contributed by atoms with Crippen molar-refractivity contribution in [2.24, 2.45) is 0 Å². The number of aryl methyl sites for hydroxylation is 4. The first-order valence-electron chi connectivity index (χ1n) is 59.4. The maximum atomic E-state index is 5.50. The van der Waals surface area contributed by atoms with Crippen molar-refractivity contribution in [1.29, 1.82) is 0 Å². The fourth-order valence-corrected chi connectivity index (χ4v) is 20.9. The number of hydrogen-bond acceptors (Lipinski definition) is 5. The molecule has 0 aliphatic rings. The van der Waals surface area contributed by atoms with E-state index in [0.717, 1.165) is 48.2 Å². The van der Waals surface area contributed by atoms with Crippen LogP contribution in [-0.4, -0.2) is 15.0 Å². The Hall–Kier alpha value is -3.73. The standard InChI is InChI=1S/C124H222N5/c1-8-14-20-26-32-38-44-50-56-62-68-74-80-86-92-98-114-108-118(109-115(99-93-87-81-75-69-63-57-51-45-39-33-27-21-15-9-2)120(114)102-96-90-84-78-72-66-60-54-48-42-36-30-24-18-12-5)125-123-127-122(113-106-104-112(7)105-107-113)128-124(129-123)126-119-110-116(100-94-88-82-76-70-64-58-52-46-40-34-28-22-16-10-3)121(103-97-91-85-79-73-67-61-55-49-43-37-31-25-19-13-6)117(111-119)101-95-89-83-77-71-65-59-53-47-41-35-29-23-17-11-4/h104-111H,7-103H2,1-6H3,(H2,125,126,127,128,129). The Morgan fingerprint density at radius 1 is 0.178 bits per heavy atom. The van der Waals surface area contributed by atoms with E-state index in [2.05, 4.69) is 108 Å². The van der Waals surface area contributed by atoms with Gasteiger partial charge in [0, 0.05) is 16.9 Å². The molecule has 0 bridgehead atoms. The van der Waals surface area contributed by atoms with Gasteiger partial charge in [-0.3, -0.25) is 0 Å². The molecular formula is C124H222N5. The number of nitrogens with one attached hydrogen (secondary N) is 2. The van der Waals surface area contributed by atoms with Crippen LogP contribution in [0.3, 0.4) is 0 Å². The molecule has 1 radical (unpaired) electrons. The minimum absolute atomic E-state index is 0.632. The van der Waals surface area contributed by atoms with Gasteiger partial charge >= 0.3 is 0 Å². The number of unbranched alkanes of at least 4 members (excludes halogenated alkanes) is 84. The first-order chi connectivity index (χ1) is 63.9. The van der Waals surface area contributed by atoms with Crippen LogP contribution in [0.5, 0.6) is 0 Å². The van der Waals surface area contributed by atoms with Gasteiger partial charge in [0.05, 0.1) is 0 Å². The molecule has 2 N–H and O–H groups in total. The summed E-state index contributed by atoms with van der Waals surface area (Å²) in [5.41, 5.74) is 14.0. The lowest BCUT2D eigenvalue weighted by atomic mass is 9.89. The number of anilines is 4. The zero-order valence-electron chi connectivity index (χ0n) is 88.0. The highest BCUT2D eigenvalue weighted by Gasteiger charge is 2.19. The average molecular weight is 1780 g/mol. The molecule has 0 fully saturated rings. The smallest absolute Gasteiger partial charge is 0.232 e. The van der Waals surface area contributed by atoms with Crippen LogP contribution in [0, 0.1) is 6.92 Å². The summed E-state index contributed by atoms with van der Waals surface area (Å²) in [6.45, 7) is 18.3. The minimum Gasteiger partial charge on any atom is -0.324 e. The van der Waals surface area contributed by atoms with Gasteiger partial charge < -0.3 is 10.6 Å². The van der Waals surface area contributed by atoms with Crippen molar-refractivity contribution in [3.63, 3.8) is 0 Å². The predicted octanol–water partition coefficient (Wildman–Crippen LogP) is 43.7. The van der Waals surface area contributed by atoms with E-state index in [1.807, 2.05) is 0 Å². The number of benzene rings is 3. The van der Waals surface area contributed by atoms with Gasteiger partial charge in [-0.25, -0.2) is 0 Å². The maximum absolute atomic E-state index is 5.50. The zero-order valence-corrected chi connectivity index (χ0v) is 88.0. The Morgan fingerprint density at radius 3 is 0.488 bits per heavy atom. The number of hydrogen-bond donors (Lipinski definition) is 2.